The Morgan fingerprint density at radius 2 is 2.33 bits per heavy atom. The molecule has 0 rings (SSSR count). The molecule has 0 heterocycles. The average Bonchev–Trinajstić information content (AvgIpc) is 1.35. The first-order valence-corrected chi connectivity index (χ1v) is 3.88. The molecule has 0 aromatic carbocycles. The van der Waals surface area contributed by atoms with Crippen LogP contribution < -0.4 is 0 Å². The van der Waals surface area contributed by atoms with Gasteiger partial charge in [-0.2, -0.15) is 0 Å². The van der Waals surface area contributed by atoms with Crippen molar-refractivity contribution in [1.82, 2.24) is 0 Å². The molecular formula is C3H5O2Zn. The molecule has 0 aromatic rings. The van der Waals surface area contributed by atoms with E-state index in [4.69, 9.17) is 5.11 Å². The minimum absolute atomic E-state index is 0.347. The van der Waals surface area contributed by atoms with Crippen LogP contribution in [0.1, 0.15) is 6.42 Å². The van der Waals surface area contributed by atoms with E-state index in [0.29, 0.717) is 6.42 Å². The molecular weight excluding hydrogens is 133 g/mol. The summed E-state index contributed by atoms with van der Waals surface area (Å²) in [4.78, 5) is 9.62. The summed E-state index contributed by atoms with van der Waals surface area (Å²) >= 11 is 1.09. The maximum atomic E-state index is 9.62. The predicted molar refractivity (Wildman–Crippen MR) is 17.1 cm³/mol. The predicted octanol–water partition coefficient (Wildman–Crippen LogP) is 0.426. The van der Waals surface area contributed by atoms with E-state index in [1.807, 2.05) is 0 Å². The van der Waals surface area contributed by atoms with E-state index in [0.717, 1.165) is 23.3 Å². The van der Waals surface area contributed by atoms with Crippen molar-refractivity contribution in [2.24, 2.45) is 0 Å². The molecule has 0 fully saturated rings. The van der Waals surface area contributed by atoms with Crippen LogP contribution in [0.2, 0.25) is 5.02 Å². The number of carboxylic acid groups (broad SMARTS) is 1. The van der Waals surface area contributed by atoms with E-state index in [-0.39, 0.29) is 0 Å². The Labute approximate surface area is 46.2 Å². The number of hydrogen-bond donors (Lipinski definition) is 1. The van der Waals surface area contributed by atoms with Gasteiger partial charge < -0.3 is 0 Å². The number of carboxylic acids is 1. The summed E-state index contributed by atoms with van der Waals surface area (Å²) in [5.41, 5.74) is 0. The Hall–Kier alpha value is 0.0934. The Morgan fingerprint density at radius 1 is 1.83 bits per heavy atom. The van der Waals surface area contributed by atoms with E-state index >= 15 is 0 Å². The summed E-state index contributed by atoms with van der Waals surface area (Å²) < 4.78 is 0. The molecule has 6 heavy (non-hydrogen) atoms. The van der Waals surface area contributed by atoms with Crippen molar-refractivity contribution in [1.29, 1.82) is 0 Å². The molecule has 0 aliphatic heterocycles. The second kappa shape index (κ2) is 3.29. The standard InChI is InChI=1S/C3H5O2.Zn/c1-2-3(4)5;/h1-2H2,(H,4,5);. The molecule has 0 unspecified atom stereocenters. The molecule has 0 saturated heterocycles. The average molecular weight is 138 g/mol. The summed E-state index contributed by atoms with van der Waals surface area (Å²) in [6.07, 6.45) is 0.347. The molecule has 0 amide bonds. The van der Waals surface area contributed by atoms with E-state index in [2.05, 4.69) is 0 Å². The van der Waals surface area contributed by atoms with Crippen LogP contribution in [-0.2, 0) is 23.1 Å². The van der Waals surface area contributed by atoms with Crippen LogP contribution in [0.5, 0.6) is 0 Å². The van der Waals surface area contributed by atoms with E-state index in [1.54, 1.807) is 0 Å². The van der Waals surface area contributed by atoms with Gasteiger partial charge in [0.25, 0.3) is 0 Å². The van der Waals surface area contributed by atoms with Crippen molar-refractivity contribution in [3.63, 3.8) is 0 Å². The third-order valence-corrected chi connectivity index (χ3v) is 1.13. The molecule has 0 aliphatic carbocycles. The third kappa shape index (κ3) is 4.09. The summed E-state index contributed by atoms with van der Waals surface area (Å²) in [5, 5.41) is 8.79. The van der Waals surface area contributed by atoms with Gasteiger partial charge in [0.15, 0.2) is 0 Å². The van der Waals surface area contributed by atoms with Crippen molar-refractivity contribution in [3.05, 3.63) is 0 Å². The monoisotopic (exact) mass is 137 g/mol. The molecule has 0 aliphatic rings. The second-order valence-corrected chi connectivity index (χ2v) is 2.48. The first kappa shape index (κ1) is 6.09. The Balaban J connectivity index is 2.83. The molecule has 0 bridgehead atoms. The first-order chi connectivity index (χ1) is 2.77. The Kier molecular flexibility index (Phi) is 3.34. The van der Waals surface area contributed by atoms with Gasteiger partial charge in [0.2, 0.25) is 0 Å². The van der Waals surface area contributed by atoms with Gasteiger partial charge in [-0.15, -0.1) is 0 Å². The van der Waals surface area contributed by atoms with Crippen LogP contribution in [-0.4, -0.2) is 11.1 Å². The maximum absolute atomic E-state index is 9.62. The molecule has 0 radical (unpaired) electrons. The Bertz CT molecular complexity index is 52.8. The van der Waals surface area contributed by atoms with E-state index < -0.39 is 5.97 Å². The van der Waals surface area contributed by atoms with Crippen molar-refractivity contribution < 1.29 is 28.2 Å². The number of carbonyl (C=O) groups is 1. The van der Waals surface area contributed by atoms with Gasteiger partial charge in [-0.3, -0.25) is 0 Å². The van der Waals surface area contributed by atoms with Gasteiger partial charge in [-0.1, -0.05) is 0 Å². The molecule has 3 heteroatoms. The van der Waals surface area contributed by atoms with Crippen molar-refractivity contribution in [2.75, 3.05) is 0 Å². The molecule has 0 aromatic heterocycles. The van der Waals surface area contributed by atoms with Crippen LogP contribution in [0.15, 0.2) is 0 Å². The van der Waals surface area contributed by atoms with Crippen LogP contribution in [0, 0.1) is 0 Å². The zero-order valence-corrected chi connectivity index (χ0v) is 6.44. The molecule has 2 nitrogen and oxygen atoms in total. The van der Waals surface area contributed by atoms with E-state index in [9.17, 15) is 4.79 Å². The SMILES string of the molecule is O=C(O)C[CH2][Zn]. The summed E-state index contributed by atoms with van der Waals surface area (Å²) in [6, 6.07) is 0. The number of aliphatic carboxylic acids is 1. The molecule has 0 spiro atoms. The fourth-order valence-corrected chi connectivity index (χ4v) is 0.786. The normalized spacial score (nSPS) is 8.33. The quantitative estimate of drug-likeness (QED) is 0.562. The van der Waals surface area contributed by atoms with E-state index in [1.165, 1.54) is 0 Å². The summed E-state index contributed by atoms with van der Waals surface area (Å²) in [7, 11) is 0. The minimum atomic E-state index is -0.679. The Morgan fingerprint density at radius 3 is 2.33 bits per heavy atom. The van der Waals surface area contributed by atoms with Gasteiger partial charge in [0, 0.05) is 0 Å². The van der Waals surface area contributed by atoms with Crippen molar-refractivity contribution in [2.45, 2.75) is 11.4 Å². The zero-order valence-electron chi connectivity index (χ0n) is 3.48. The topological polar surface area (TPSA) is 37.3 Å². The van der Waals surface area contributed by atoms with Crippen LogP contribution in [0.4, 0.5) is 0 Å². The van der Waals surface area contributed by atoms with Gasteiger partial charge >= 0.3 is 45.6 Å². The van der Waals surface area contributed by atoms with Gasteiger partial charge in [0.1, 0.15) is 0 Å². The van der Waals surface area contributed by atoms with Crippen LogP contribution in [0.25, 0.3) is 0 Å². The first-order valence-electron chi connectivity index (χ1n) is 1.78. The van der Waals surface area contributed by atoms with Gasteiger partial charge in [-0.05, 0) is 0 Å². The second-order valence-electron chi connectivity index (χ2n) is 0.997. The summed E-state index contributed by atoms with van der Waals surface area (Å²) in [6.45, 7) is 0. The molecule has 31 valence electrons. The van der Waals surface area contributed by atoms with Crippen molar-refractivity contribution >= 4 is 5.97 Å². The van der Waals surface area contributed by atoms with Crippen LogP contribution >= 0.6 is 0 Å². The van der Waals surface area contributed by atoms with Gasteiger partial charge in [0.05, 0.1) is 0 Å². The molecule has 0 atom stereocenters. The summed E-state index contributed by atoms with van der Waals surface area (Å²) in [5.74, 6) is -0.679. The third-order valence-electron chi connectivity index (χ3n) is 0.391. The van der Waals surface area contributed by atoms with Gasteiger partial charge in [-0.25, -0.2) is 0 Å². The molecule has 1 N–H and O–H groups in total. The fourth-order valence-electron chi connectivity index (χ4n) is 0.151. The molecule has 0 saturated carbocycles. The van der Waals surface area contributed by atoms with Crippen molar-refractivity contribution in [3.8, 4) is 0 Å². The number of rotatable bonds is 2. The zero-order chi connectivity index (χ0) is 4.99. The number of hydrogen-bond acceptors (Lipinski definition) is 1. The van der Waals surface area contributed by atoms with Crippen LogP contribution in [0.3, 0.4) is 0 Å². The fraction of sp³-hybridized carbons (Fsp3) is 0.667.